The van der Waals surface area contributed by atoms with E-state index in [0.717, 1.165) is 0 Å². The Balaban J connectivity index is 1.87. The van der Waals surface area contributed by atoms with Crippen molar-refractivity contribution in [1.29, 1.82) is 0 Å². The molecule has 0 unspecified atom stereocenters. The molecule has 4 aromatic rings. The largest absolute Gasteiger partial charge is 0.421 e. The molecular formula is C29H28FN3O5. The van der Waals surface area contributed by atoms with Gasteiger partial charge in [0.05, 0.1) is 16.9 Å². The molecule has 1 saturated heterocycles. The van der Waals surface area contributed by atoms with Crippen LogP contribution in [0.25, 0.3) is 22.1 Å². The van der Waals surface area contributed by atoms with E-state index in [4.69, 9.17) is 9.15 Å². The first-order valence-electron chi connectivity index (χ1n) is 12.5. The molecule has 1 aliphatic rings. The molecule has 196 valence electrons. The van der Waals surface area contributed by atoms with Crippen LogP contribution in [0.2, 0.25) is 0 Å². The van der Waals surface area contributed by atoms with Crippen LogP contribution in [0.15, 0.2) is 62.5 Å². The van der Waals surface area contributed by atoms with Gasteiger partial charge in [-0.25, -0.2) is 9.18 Å². The Morgan fingerprint density at radius 2 is 1.79 bits per heavy atom. The van der Waals surface area contributed by atoms with Crippen LogP contribution in [0.4, 0.5) is 21.5 Å². The zero-order valence-corrected chi connectivity index (χ0v) is 21.4. The molecule has 9 heteroatoms. The van der Waals surface area contributed by atoms with Crippen molar-refractivity contribution in [1.82, 2.24) is 4.57 Å². The number of carbonyl (C=O) groups is 1. The topological polar surface area (TPSA) is 103 Å². The monoisotopic (exact) mass is 517 g/mol. The number of halogens is 1. The van der Waals surface area contributed by atoms with Crippen molar-refractivity contribution in [3.05, 3.63) is 86.4 Å². The van der Waals surface area contributed by atoms with E-state index in [-0.39, 0.29) is 45.4 Å². The number of ether oxygens (including phenoxy) is 1. The lowest BCUT2D eigenvalue weighted by Crippen LogP contribution is -2.32. The number of benzene rings is 2. The number of nitrogens with zero attached hydrogens (tertiary/aromatic N) is 1. The first kappa shape index (κ1) is 25.4. The number of anilines is 3. The number of nitrogens with one attached hydrogen (secondary N) is 2. The van der Waals surface area contributed by atoms with E-state index in [9.17, 15) is 18.8 Å². The van der Waals surface area contributed by atoms with Crippen LogP contribution in [0.3, 0.4) is 0 Å². The molecule has 0 radical (unpaired) electrons. The van der Waals surface area contributed by atoms with Crippen LogP contribution >= 0.6 is 0 Å². The molecule has 0 atom stereocenters. The van der Waals surface area contributed by atoms with Crippen molar-refractivity contribution in [3.63, 3.8) is 0 Å². The van der Waals surface area contributed by atoms with E-state index in [2.05, 4.69) is 10.6 Å². The molecule has 0 aliphatic carbocycles. The van der Waals surface area contributed by atoms with E-state index in [1.165, 1.54) is 19.1 Å². The van der Waals surface area contributed by atoms with Crippen LogP contribution < -0.4 is 21.8 Å². The summed E-state index contributed by atoms with van der Waals surface area (Å²) in [5.74, 6) is -0.747. The van der Waals surface area contributed by atoms with Gasteiger partial charge in [0.15, 0.2) is 5.58 Å². The highest BCUT2D eigenvalue weighted by molar-refractivity contribution is 6.01. The summed E-state index contributed by atoms with van der Waals surface area (Å²) in [6.07, 6.45) is 1.28. The highest BCUT2D eigenvalue weighted by Crippen LogP contribution is 2.37. The van der Waals surface area contributed by atoms with Gasteiger partial charge in [-0.3, -0.25) is 9.59 Å². The number of para-hydroxylation sites is 1. The molecule has 1 aliphatic heterocycles. The lowest BCUT2D eigenvalue weighted by molar-refractivity contribution is -0.114. The maximum atomic E-state index is 14.6. The SMILES string of the molecule is CC(=O)Nc1cccc(-c2c(C)n(C3CCOCC3)c(=O)c3c(Nc4ccccc4F)c(C)c(=O)oc23)c1. The minimum atomic E-state index is -0.641. The molecule has 1 amide bonds. The molecule has 0 saturated carbocycles. The lowest BCUT2D eigenvalue weighted by Gasteiger charge is -2.28. The smallest absolute Gasteiger partial charge is 0.341 e. The molecule has 2 aromatic heterocycles. The number of carbonyl (C=O) groups excluding carboxylic acids is 1. The van der Waals surface area contributed by atoms with Crippen molar-refractivity contribution in [3.8, 4) is 11.1 Å². The van der Waals surface area contributed by atoms with E-state index >= 15 is 0 Å². The minimum absolute atomic E-state index is 0.102. The van der Waals surface area contributed by atoms with Crippen molar-refractivity contribution in [2.75, 3.05) is 23.8 Å². The number of hydrogen-bond acceptors (Lipinski definition) is 6. The highest BCUT2D eigenvalue weighted by Gasteiger charge is 2.27. The van der Waals surface area contributed by atoms with Gasteiger partial charge in [0.1, 0.15) is 11.2 Å². The average Bonchev–Trinajstić information content (AvgIpc) is 2.88. The quantitative estimate of drug-likeness (QED) is 0.366. The molecule has 5 rings (SSSR count). The van der Waals surface area contributed by atoms with Crippen molar-refractivity contribution in [2.45, 2.75) is 39.7 Å². The molecule has 1 fully saturated rings. The summed E-state index contributed by atoms with van der Waals surface area (Å²) in [4.78, 5) is 38.9. The first-order chi connectivity index (χ1) is 18.3. The molecule has 0 bridgehead atoms. The normalized spacial score (nSPS) is 14.0. The third kappa shape index (κ3) is 4.61. The number of amides is 1. The van der Waals surface area contributed by atoms with Gasteiger partial charge in [0.25, 0.3) is 5.56 Å². The van der Waals surface area contributed by atoms with E-state index in [1.807, 2.05) is 13.0 Å². The van der Waals surface area contributed by atoms with Gasteiger partial charge in [-0.05, 0) is 56.5 Å². The van der Waals surface area contributed by atoms with Crippen LogP contribution in [0, 0.1) is 19.7 Å². The zero-order valence-electron chi connectivity index (χ0n) is 21.4. The summed E-state index contributed by atoms with van der Waals surface area (Å²) in [7, 11) is 0. The predicted molar refractivity (Wildman–Crippen MR) is 145 cm³/mol. The van der Waals surface area contributed by atoms with Crippen LogP contribution in [0.1, 0.15) is 37.1 Å². The zero-order chi connectivity index (χ0) is 27.0. The van der Waals surface area contributed by atoms with Gasteiger partial charge in [-0.15, -0.1) is 0 Å². The molecule has 8 nitrogen and oxygen atoms in total. The molecule has 38 heavy (non-hydrogen) atoms. The van der Waals surface area contributed by atoms with E-state index < -0.39 is 11.4 Å². The van der Waals surface area contributed by atoms with Crippen molar-refractivity contribution < 1.29 is 18.3 Å². The molecule has 2 N–H and O–H groups in total. The number of fused-ring (bicyclic) bond motifs is 1. The van der Waals surface area contributed by atoms with Crippen LogP contribution in [0.5, 0.6) is 0 Å². The van der Waals surface area contributed by atoms with Crippen LogP contribution in [-0.2, 0) is 9.53 Å². The van der Waals surface area contributed by atoms with E-state index in [0.29, 0.717) is 48.6 Å². The summed E-state index contributed by atoms with van der Waals surface area (Å²) in [6, 6.07) is 13.1. The summed E-state index contributed by atoms with van der Waals surface area (Å²) in [5.41, 5.74) is 2.01. The van der Waals surface area contributed by atoms with Gasteiger partial charge in [0.2, 0.25) is 5.91 Å². The number of pyridine rings is 1. The predicted octanol–water partition coefficient (Wildman–Crippen LogP) is 5.43. The Bertz CT molecular complexity index is 1670. The number of rotatable bonds is 5. The molecular weight excluding hydrogens is 489 g/mol. The molecule has 0 spiro atoms. The third-order valence-corrected chi connectivity index (χ3v) is 6.90. The second-order valence-corrected chi connectivity index (χ2v) is 9.44. The molecule has 3 heterocycles. The highest BCUT2D eigenvalue weighted by atomic mass is 19.1. The van der Waals surface area contributed by atoms with Gasteiger partial charge in [0, 0.05) is 43.1 Å². The Hall–Kier alpha value is -4.24. The van der Waals surface area contributed by atoms with E-state index in [1.54, 1.807) is 41.8 Å². The second kappa shape index (κ2) is 10.3. The summed E-state index contributed by atoms with van der Waals surface area (Å²) in [6.45, 7) is 5.82. The average molecular weight is 518 g/mol. The number of hydrogen-bond donors (Lipinski definition) is 2. The lowest BCUT2D eigenvalue weighted by atomic mass is 9.97. The fourth-order valence-electron chi connectivity index (χ4n) is 5.09. The number of aromatic nitrogens is 1. The van der Waals surface area contributed by atoms with Gasteiger partial charge in [-0.1, -0.05) is 24.3 Å². The fraction of sp³-hybridized carbons (Fsp3) is 0.276. The maximum Gasteiger partial charge on any atom is 0.341 e. The van der Waals surface area contributed by atoms with Crippen molar-refractivity contribution in [2.24, 2.45) is 0 Å². The first-order valence-corrected chi connectivity index (χ1v) is 12.5. The Kier molecular flexibility index (Phi) is 6.86. The summed E-state index contributed by atoms with van der Waals surface area (Å²) in [5, 5.41) is 5.93. The van der Waals surface area contributed by atoms with Gasteiger partial charge < -0.3 is 24.4 Å². The van der Waals surface area contributed by atoms with Gasteiger partial charge >= 0.3 is 5.63 Å². The Morgan fingerprint density at radius 3 is 2.50 bits per heavy atom. The second-order valence-electron chi connectivity index (χ2n) is 9.44. The Morgan fingerprint density at radius 1 is 1.05 bits per heavy atom. The Labute approximate surface area is 218 Å². The third-order valence-electron chi connectivity index (χ3n) is 6.90. The van der Waals surface area contributed by atoms with Crippen molar-refractivity contribution >= 4 is 33.9 Å². The van der Waals surface area contributed by atoms with Crippen LogP contribution in [-0.4, -0.2) is 23.7 Å². The molecule has 2 aromatic carbocycles. The van der Waals surface area contributed by atoms with Gasteiger partial charge in [-0.2, -0.15) is 0 Å². The summed E-state index contributed by atoms with van der Waals surface area (Å²) < 4.78 is 27.7. The minimum Gasteiger partial charge on any atom is -0.421 e. The maximum absolute atomic E-state index is 14.6. The summed E-state index contributed by atoms with van der Waals surface area (Å²) >= 11 is 0. The standard InChI is InChI=1S/C29H28FN3O5/c1-16-26(32-23-10-5-4-9-22(23)30)25-27(38-29(16)36)24(19-7-6-8-20(15-19)31-18(3)34)17(2)33(28(25)35)21-11-13-37-14-12-21/h4-10,15,21,32H,11-14H2,1-3H3,(H,31,34). The fourth-order valence-corrected chi connectivity index (χ4v) is 5.09.